The average Bonchev–Trinajstić information content (AvgIpc) is 1.99. The van der Waals surface area contributed by atoms with Crippen molar-refractivity contribution in [3.8, 4) is 0 Å². The summed E-state index contributed by atoms with van der Waals surface area (Å²) in [7, 11) is 3.41. The van der Waals surface area contributed by atoms with Gasteiger partial charge in [0.2, 0.25) is 0 Å². The second-order valence-corrected chi connectivity index (χ2v) is 2.34. The minimum absolute atomic E-state index is 0.262. The third-order valence-electron chi connectivity index (χ3n) is 1.53. The lowest BCUT2D eigenvalue weighted by atomic mass is 10.1. The van der Waals surface area contributed by atoms with E-state index in [0.717, 1.165) is 12.7 Å². The van der Waals surface area contributed by atoms with Crippen LogP contribution in [0.5, 0.6) is 0 Å². The van der Waals surface area contributed by atoms with Gasteiger partial charge in [-0.25, -0.2) is 0 Å². The molecule has 1 N–H and O–H groups in total. The highest BCUT2D eigenvalue weighted by atomic mass is 16.5. The zero-order valence-electron chi connectivity index (χ0n) is 6.76. The lowest BCUT2D eigenvalue weighted by Crippen LogP contribution is -2.28. The van der Waals surface area contributed by atoms with Crippen LogP contribution in [0.25, 0.3) is 0 Å². The van der Waals surface area contributed by atoms with Gasteiger partial charge in [-0.15, -0.1) is 0 Å². The van der Waals surface area contributed by atoms with Gasteiger partial charge in [0.1, 0.15) is 12.4 Å². The topological polar surface area (TPSA) is 38.3 Å². The van der Waals surface area contributed by atoms with Gasteiger partial charge in [-0.3, -0.25) is 0 Å². The van der Waals surface area contributed by atoms with Crippen LogP contribution in [-0.2, 0) is 9.53 Å². The molecular formula is C7H15NO2. The second-order valence-electron chi connectivity index (χ2n) is 2.34. The van der Waals surface area contributed by atoms with Gasteiger partial charge in [-0.1, -0.05) is 0 Å². The largest absolute Gasteiger partial charge is 0.374 e. The molecule has 2 atom stereocenters. The van der Waals surface area contributed by atoms with Gasteiger partial charge in [0.05, 0.1) is 0 Å². The maximum atomic E-state index is 10.2. The molecule has 0 saturated heterocycles. The van der Waals surface area contributed by atoms with Crippen molar-refractivity contribution in [3.05, 3.63) is 0 Å². The number of rotatable bonds is 5. The Labute approximate surface area is 61.8 Å². The molecule has 3 nitrogen and oxygen atoms in total. The number of carbonyl (C=O) groups is 1. The number of aldehydes is 1. The molecule has 0 aromatic heterocycles. The Morgan fingerprint density at radius 1 is 1.70 bits per heavy atom. The Morgan fingerprint density at radius 3 is 2.60 bits per heavy atom. The molecule has 0 radical (unpaired) electrons. The predicted molar refractivity (Wildman–Crippen MR) is 40.0 cm³/mol. The normalized spacial score (nSPS) is 16.3. The Hall–Kier alpha value is -0.410. The van der Waals surface area contributed by atoms with Crippen LogP contribution < -0.4 is 5.32 Å². The summed E-state index contributed by atoms with van der Waals surface area (Å²) in [5.41, 5.74) is 0. The van der Waals surface area contributed by atoms with E-state index in [9.17, 15) is 4.79 Å². The van der Waals surface area contributed by atoms with Crippen molar-refractivity contribution in [1.82, 2.24) is 5.32 Å². The third-order valence-corrected chi connectivity index (χ3v) is 1.53. The van der Waals surface area contributed by atoms with Crippen LogP contribution in [0.1, 0.15) is 13.3 Å². The predicted octanol–water partition coefficient (Wildman–Crippen LogP) is 0.198. The highest BCUT2D eigenvalue weighted by Crippen LogP contribution is 1.97. The van der Waals surface area contributed by atoms with Crippen molar-refractivity contribution in [2.75, 3.05) is 14.2 Å². The standard InChI is InChI=1S/C7H15NO2/c1-6(8-2)4-7(5-9)10-3/h5-8H,4H2,1-3H3. The lowest BCUT2D eigenvalue weighted by molar-refractivity contribution is -0.116. The molecule has 0 heterocycles. The van der Waals surface area contributed by atoms with E-state index in [4.69, 9.17) is 4.74 Å². The fourth-order valence-corrected chi connectivity index (χ4v) is 0.674. The van der Waals surface area contributed by atoms with Crippen molar-refractivity contribution >= 4 is 6.29 Å². The number of carbonyl (C=O) groups excluding carboxylic acids is 1. The molecule has 10 heavy (non-hydrogen) atoms. The molecule has 0 saturated carbocycles. The third kappa shape index (κ3) is 3.58. The van der Waals surface area contributed by atoms with Gasteiger partial charge in [0.25, 0.3) is 0 Å². The molecule has 0 aliphatic carbocycles. The highest BCUT2D eigenvalue weighted by molar-refractivity contribution is 5.55. The number of nitrogens with one attached hydrogen (secondary N) is 1. The first-order chi connectivity index (χ1) is 4.74. The number of hydrogen-bond acceptors (Lipinski definition) is 3. The summed E-state index contributed by atoms with van der Waals surface area (Å²) in [5.74, 6) is 0. The summed E-state index contributed by atoms with van der Waals surface area (Å²) in [4.78, 5) is 10.2. The molecule has 0 rings (SSSR count). The molecule has 0 aliphatic heterocycles. The van der Waals surface area contributed by atoms with Crippen LogP contribution in [0.2, 0.25) is 0 Å². The van der Waals surface area contributed by atoms with Crippen LogP contribution >= 0.6 is 0 Å². The molecule has 0 fully saturated rings. The first kappa shape index (κ1) is 9.59. The van der Waals surface area contributed by atoms with Crippen molar-refractivity contribution in [1.29, 1.82) is 0 Å². The lowest BCUT2D eigenvalue weighted by Gasteiger charge is -2.13. The Kier molecular flexibility index (Phi) is 5.16. The van der Waals surface area contributed by atoms with Crippen molar-refractivity contribution in [2.45, 2.75) is 25.5 Å². The van der Waals surface area contributed by atoms with E-state index < -0.39 is 0 Å². The summed E-state index contributed by atoms with van der Waals surface area (Å²) in [6, 6.07) is 0.329. The maximum Gasteiger partial charge on any atom is 0.148 e. The van der Waals surface area contributed by atoms with Crippen LogP contribution in [0.4, 0.5) is 0 Å². The monoisotopic (exact) mass is 145 g/mol. The quantitative estimate of drug-likeness (QED) is 0.561. The van der Waals surface area contributed by atoms with Gasteiger partial charge in [-0.2, -0.15) is 0 Å². The molecule has 2 unspecified atom stereocenters. The fourth-order valence-electron chi connectivity index (χ4n) is 0.674. The molecule has 0 amide bonds. The number of ether oxygens (including phenoxy) is 1. The van der Waals surface area contributed by atoms with Gasteiger partial charge >= 0.3 is 0 Å². The van der Waals surface area contributed by atoms with E-state index in [1.807, 2.05) is 14.0 Å². The van der Waals surface area contributed by atoms with Crippen molar-refractivity contribution in [3.63, 3.8) is 0 Å². The van der Waals surface area contributed by atoms with E-state index in [-0.39, 0.29) is 6.10 Å². The molecule has 3 heteroatoms. The Balaban J connectivity index is 3.51. The molecular weight excluding hydrogens is 130 g/mol. The van der Waals surface area contributed by atoms with E-state index in [0.29, 0.717) is 6.04 Å². The van der Waals surface area contributed by atoms with E-state index in [1.165, 1.54) is 0 Å². The summed E-state index contributed by atoms with van der Waals surface area (Å²) < 4.78 is 4.86. The fraction of sp³-hybridized carbons (Fsp3) is 0.857. The summed E-state index contributed by atoms with van der Waals surface area (Å²) in [6.45, 7) is 2.01. The van der Waals surface area contributed by atoms with Crippen LogP contribution in [0.15, 0.2) is 0 Å². The maximum absolute atomic E-state index is 10.2. The molecule has 0 spiro atoms. The van der Waals surface area contributed by atoms with E-state index in [1.54, 1.807) is 7.11 Å². The molecule has 60 valence electrons. The van der Waals surface area contributed by atoms with Crippen LogP contribution in [0.3, 0.4) is 0 Å². The van der Waals surface area contributed by atoms with E-state index in [2.05, 4.69) is 5.32 Å². The smallest absolute Gasteiger partial charge is 0.148 e. The first-order valence-electron chi connectivity index (χ1n) is 3.40. The van der Waals surface area contributed by atoms with Gasteiger partial charge < -0.3 is 14.8 Å². The van der Waals surface area contributed by atoms with Crippen LogP contribution in [-0.4, -0.2) is 32.6 Å². The zero-order chi connectivity index (χ0) is 7.98. The van der Waals surface area contributed by atoms with Gasteiger partial charge in [0, 0.05) is 13.2 Å². The minimum Gasteiger partial charge on any atom is -0.374 e. The summed E-state index contributed by atoms with van der Waals surface area (Å²) in [5, 5.41) is 3.03. The molecule has 0 bridgehead atoms. The first-order valence-corrected chi connectivity index (χ1v) is 3.40. The molecule has 0 aromatic carbocycles. The summed E-state index contributed by atoms with van der Waals surface area (Å²) in [6.07, 6.45) is 1.30. The number of methoxy groups -OCH3 is 1. The van der Waals surface area contributed by atoms with Gasteiger partial charge in [-0.05, 0) is 20.4 Å². The SMILES string of the molecule is CNC(C)CC(C=O)OC. The molecule has 0 aromatic rings. The number of hydrogen-bond donors (Lipinski definition) is 1. The molecule has 0 aliphatic rings. The zero-order valence-corrected chi connectivity index (χ0v) is 6.76. The van der Waals surface area contributed by atoms with Crippen LogP contribution in [0, 0.1) is 0 Å². The summed E-state index contributed by atoms with van der Waals surface area (Å²) >= 11 is 0. The minimum atomic E-state index is -0.262. The Morgan fingerprint density at radius 2 is 2.30 bits per heavy atom. The highest BCUT2D eigenvalue weighted by Gasteiger charge is 2.08. The van der Waals surface area contributed by atoms with Crippen molar-refractivity contribution in [2.24, 2.45) is 0 Å². The second kappa shape index (κ2) is 5.38. The van der Waals surface area contributed by atoms with Crippen molar-refractivity contribution < 1.29 is 9.53 Å². The average molecular weight is 145 g/mol. The van der Waals surface area contributed by atoms with E-state index >= 15 is 0 Å². The Bertz CT molecular complexity index is 95.6. The van der Waals surface area contributed by atoms with Gasteiger partial charge in [0.15, 0.2) is 0 Å².